The standard InChI is InChI=1S/C22H26ClN5O4S/c1-15-18(23)6-5-17-19(27-9-7-24-14-27)12-20(25-21(15)17)26(2)10-11-33(31,32)28-8-3-4-16(13-28)22(29)30/h5-7,9,12,14,16H,3-4,8,10-11,13H2,1-2H3,(H,29,30). The van der Waals surface area contributed by atoms with Gasteiger partial charge in [-0.2, -0.15) is 0 Å². The molecule has 1 fully saturated rings. The summed E-state index contributed by atoms with van der Waals surface area (Å²) in [6, 6.07) is 5.64. The van der Waals surface area contributed by atoms with Crippen LogP contribution in [0.25, 0.3) is 16.6 Å². The Morgan fingerprint density at radius 2 is 2.15 bits per heavy atom. The summed E-state index contributed by atoms with van der Waals surface area (Å²) in [7, 11) is -1.81. The van der Waals surface area contributed by atoms with Gasteiger partial charge in [0.2, 0.25) is 10.0 Å². The van der Waals surface area contributed by atoms with Gasteiger partial charge in [0.05, 0.1) is 29.2 Å². The molecule has 0 aliphatic carbocycles. The minimum absolute atomic E-state index is 0.0259. The van der Waals surface area contributed by atoms with Crippen molar-refractivity contribution in [2.45, 2.75) is 19.8 Å². The van der Waals surface area contributed by atoms with Crippen LogP contribution in [0.4, 0.5) is 5.82 Å². The fraction of sp³-hybridized carbons (Fsp3) is 0.409. The molecule has 1 aliphatic rings. The van der Waals surface area contributed by atoms with E-state index >= 15 is 0 Å². The van der Waals surface area contributed by atoms with E-state index in [0.29, 0.717) is 30.2 Å². The largest absolute Gasteiger partial charge is 0.481 e. The minimum atomic E-state index is -3.60. The van der Waals surface area contributed by atoms with Crippen molar-refractivity contribution in [1.82, 2.24) is 18.8 Å². The zero-order chi connectivity index (χ0) is 23.8. The van der Waals surface area contributed by atoms with Crippen LogP contribution < -0.4 is 4.90 Å². The molecule has 1 unspecified atom stereocenters. The second-order valence-electron chi connectivity index (χ2n) is 8.31. The number of pyridine rings is 1. The molecule has 1 atom stereocenters. The number of nitrogens with zero attached hydrogens (tertiary/aromatic N) is 5. The number of carboxylic acids is 1. The molecular formula is C22H26ClN5O4S. The third-order valence-electron chi connectivity index (χ3n) is 6.12. The van der Waals surface area contributed by atoms with Crippen LogP contribution in [0.5, 0.6) is 0 Å². The van der Waals surface area contributed by atoms with Gasteiger partial charge in [-0.15, -0.1) is 0 Å². The lowest BCUT2D eigenvalue weighted by molar-refractivity contribution is -0.142. The number of hydrogen-bond acceptors (Lipinski definition) is 6. The molecule has 4 rings (SSSR count). The zero-order valence-electron chi connectivity index (χ0n) is 18.5. The molecular weight excluding hydrogens is 466 g/mol. The molecule has 176 valence electrons. The van der Waals surface area contributed by atoms with Crippen LogP contribution in [-0.4, -0.2) is 70.8 Å². The Morgan fingerprint density at radius 3 is 2.85 bits per heavy atom. The Hall–Kier alpha value is -2.69. The first-order valence-corrected chi connectivity index (χ1v) is 12.7. The maximum Gasteiger partial charge on any atom is 0.307 e. The summed E-state index contributed by atoms with van der Waals surface area (Å²) in [5.41, 5.74) is 2.44. The lowest BCUT2D eigenvalue weighted by atomic mass is 10.0. The first kappa shape index (κ1) is 23.5. The van der Waals surface area contributed by atoms with Gasteiger partial charge < -0.3 is 14.6 Å². The van der Waals surface area contributed by atoms with Crippen LogP contribution in [0, 0.1) is 12.8 Å². The van der Waals surface area contributed by atoms with E-state index in [9.17, 15) is 18.3 Å². The fourth-order valence-corrected chi connectivity index (χ4v) is 5.81. The molecule has 1 aromatic carbocycles. The number of aromatic nitrogens is 3. The topological polar surface area (TPSA) is 109 Å². The number of piperidine rings is 1. The normalized spacial score (nSPS) is 17.4. The van der Waals surface area contributed by atoms with Gasteiger partial charge in [-0.25, -0.2) is 22.7 Å². The SMILES string of the molecule is Cc1c(Cl)ccc2c(-n3ccnc3)cc(N(C)CCS(=O)(=O)N3CCCC(C(=O)O)C3)nc12. The molecule has 0 saturated carbocycles. The average molecular weight is 492 g/mol. The van der Waals surface area contributed by atoms with E-state index in [1.807, 2.05) is 35.9 Å². The van der Waals surface area contributed by atoms with Crippen LogP contribution in [0.15, 0.2) is 36.9 Å². The lowest BCUT2D eigenvalue weighted by Gasteiger charge is -2.30. The van der Waals surface area contributed by atoms with Crippen molar-refractivity contribution in [3.05, 3.63) is 47.5 Å². The first-order valence-electron chi connectivity index (χ1n) is 10.7. The molecule has 0 radical (unpaired) electrons. The van der Waals surface area contributed by atoms with E-state index < -0.39 is 21.9 Å². The molecule has 9 nitrogen and oxygen atoms in total. The summed E-state index contributed by atoms with van der Waals surface area (Å²) in [6.45, 7) is 2.49. The molecule has 1 saturated heterocycles. The van der Waals surface area contributed by atoms with Crippen LogP contribution in [0.1, 0.15) is 18.4 Å². The van der Waals surface area contributed by atoms with Crippen LogP contribution in [-0.2, 0) is 14.8 Å². The molecule has 11 heteroatoms. The summed E-state index contributed by atoms with van der Waals surface area (Å²) >= 11 is 6.34. The zero-order valence-corrected chi connectivity index (χ0v) is 20.1. The first-order chi connectivity index (χ1) is 15.7. The van der Waals surface area contributed by atoms with Gasteiger partial charge in [-0.05, 0) is 37.5 Å². The molecule has 0 bridgehead atoms. The summed E-state index contributed by atoms with van der Waals surface area (Å²) in [5.74, 6) is -1.13. The van der Waals surface area contributed by atoms with E-state index in [1.54, 1.807) is 24.5 Å². The summed E-state index contributed by atoms with van der Waals surface area (Å²) in [6.07, 6.45) is 6.27. The van der Waals surface area contributed by atoms with Gasteiger partial charge in [0.25, 0.3) is 0 Å². The number of sulfonamides is 1. The third kappa shape index (κ3) is 4.83. The Balaban J connectivity index is 1.60. The number of halogens is 1. The number of aliphatic carboxylic acids is 1. The number of imidazole rings is 1. The average Bonchev–Trinajstić information content (AvgIpc) is 3.34. The maximum atomic E-state index is 12.9. The van der Waals surface area contributed by atoms with E-state index in [2.05, 4.69) is 4.98 Å². The van der Waals surface area contributed by atoms with Crippen LogP contribution >= 0.6 is 11.6 Å². The number of fused-ring (bicyclic) bond motifs is 1. The highest BCUT2D eigenvalue weighted by molar-refractivity contribution is 7.89. The second-order valence-corrected chi connectivity index (χ2v) is 10.8. The highest BCUT2D eigenvalue weighted by Crippen LogP contribution is 2.31. The molecule has 1 aliphatic heterocycles. The lowest BCUT2D eigenvalue weighted by Crippen LogP contribution is -2.44. The minimum Gasteiger partial charge on any atom is -0.481 e. The number of rotatable bonds is 7. The van der Waals surface area contributed by atoms with E-state index in [-0.39, 0.29) is 18.8 Å². The van der Waals surface area contributed by atoms with E-state index in [1.165, 1.54) is 4.31 Å². The summed E-state index contributed by atoms with van der Waals surface area (Å²) in [4.78, 5) is 22.0. The number of benzene rings is 1. The van der Waals surface area contributed by atoms with Gasteiger partial charge in [0, 0.05) is 55.6 Å². The molecule has 0 amide bonds. The van der Waals surface area contributed by atoms with Crippen molar-refractivity contribution >= 4 is 44.3 Å². The predicted molar refractivity (Wildman–Crippen MR) is 128 cm³/mol. The summed E-state index contributed by atoms with van der Waals surface area (Å²) < 4.78 is 29.0. The number of carbonyl (C=O) groups is 1. The number of anilines is 1. The van der Waals surface area contributed by atoms with Crippen molar-refractivity contribution in [2.24, 2.45) is 5.92 Å². The summed E-state index contributed by atoms with van der Waals surface area (Å²) in [5, 5.41) is 10.8. The highest BCUT2D eigenvalue weighted by Gasteiger charge is 2.32. The molecule has 2 aromatic heterocycles. The van der Waals surface area contributed by atoms with Crippen LogP contribution in [0.3, 0.4) is 0 Å². The number of hydrogen-bond donors (Lipinski definition) is 1. The third-order valence-corrected chi connectivity index (χ3v) is 8.34. The van der Waals surface area contributed by atoms with Gasteiger partial charge in [-0.3, -0.25) is 4.79 Å². The van der Waals surface area contributed by atoms with E-state index in [0.717, 1.165) is 22.2 Å². The number of carboxylic acid groups (broad SMARTS) is 1. The molecule has 1 N–H and O–H groups in total. The Kier molecular flexibility index (Phi) is 6.60. The van der Waals surface area contributed by atoms with E-state index in [4.69, 9.17) is 16.6 Å². The Bertz CT molecular complexity index is 1280. The van der Waals surface area contributed by atoms with Crippen molar-refractivity contribution in [2.75, 3.05) is 37.3 Å². The van der Waals surface area contributed by atoms with Crippen molar-refractivity contribution in [1.29, 1.82) is 0 Å². The Morgan fingerprint density at radius 1 is 1.36 bits per heavy atom. The molecule has 3 aromatic rings. The quantitative estimate of drug-likeness (QED) is 0.541. The van der Waals surface area contributed by atoms with Crippen molar-refractivity contribution < 1.29 is 18.3 Å². The number of aryl methyl sites for hydroxylation is 1. The molecule has 0 spiro atoms. The van der Waals surface area contributed by atoms with Gasteiger partial charge in [0.1, 0.15) is 5.82 Å². The second kappa shape index (κ2) is 9.28. The monoisotopic (exact) mass is 491 g/mol. The van der Waals surface area contributed by atoms with Gasteiger partial charge >= 0.3 is 5.97 Å². The van der Waals surface area contributed by atoms with Gasteiger partial charge in [-0.1, -0.05) is 11.6 Å². The Labute approximate surface area is 197 Å². The molecule has 3 heterocycles. The van der Waals surface area contributed by atoms with Crippen molar-refractivity contribution in [3.63, 3.8) is 0 Å². The molecule has 33 heavy (non-hydrogen) atoms. The maximum absolute atomic E-state index is 12.9. The van der Waals surface area contributed by atoms with Crippen LogP contribution in [0.2, 0.25) is 5.02 Å². The van der Waals surface area contributed by atoms with Gasteiger partial charge in [0.15, 0.2) is 0 Å². The smallest absolute Gasteiger partial charge is 0.307 e. The van der Waals surface area contributed by atoms with Crippen molar-refractivity contribution in [3.8, 4) is 5.69 Å². The predicted octanol–water partition coefficient (Wildman–Crippen LogP) is 2.94. The highest BCUT2D eigenvalue weighted by atomic mass is 35.5. The fourth-order valence-electron chi connectivity index (χ4n) is 4.08.